The highest BCUT2D eigenvalue weighted by Crippen LogP contribution is 2.24. The van der Waals surface area contributed by atoms with Crippen molar-refractivity contribution >= 4 is 10.0 Å². The molecule has 2 N–H and O–H groups in total. The fourth-order valence-electron chi connectivity index (χ4n) is 4.21. The van der Waals surface area contributed by atoms with Crippen LogP contribution in [-0.2, 0) is 27.7 Å². The average molecular weight is 471 g/mol. The summed E-state index contributed by atoms with van der Waals surface area (Å²) in [4.78, 5) is 0.251. The van der Waals surface area contributed by atoms with Gasteiger partial charge >= 0.3 is 0 Å². The number of nitrogens with zero attached hydrogens (tertiary/aromatic N) is 3. The maximum Gasteiger partial charge on any atom is 0.241 e. The Kier molecular flexibility index (Phi) is 7.54. The summed E-state index contributed by atoms with van der Waals surface area (Å²) in [5.74, 6) is 0. The van der Waals surface area contributed by atoms with Crippen LogP contribution in [0.4, 0.5) is 0 Å². The Morgan fingerprint density at radius 1 is 1.12 bits per heavy atom. The number of aliphatic hydroxyl groups excluding tert-OH is 1. The second-order valence-electron chi connectivity index (χ2n) is 8.47. The van der Waals surface area contributed by atoms with E-state index in [0.717, 1.165) is 12.1 Å². The summed E-state index contributed by atoms with van der Waals surface area (Å²) in [5, 5.41) is 18.3. The van der Waals surface area contributed by atoms with E-state index in [1.165, 1.54) is 5.56 Å². The summed E-state index contributed by atoms with van der Waals surface area (Å²) < 4.78 is 36.3. The van der Waals surface area contributed by atoms with Crippen LogP contribution in [0.5, 0.6) is 0 Å². The molecule has 0 unspecified atom stereocenters. The van der Waals surface area contributed by atoms with Crippen LogP contribution in [0, 0.1) is 6.92 Å². The summed E-state index contributed by atoms with van der Waals surface area (Å²) in [5.41, 5.74) is 2.77. The van der Waals surface area contributed by atoms with Crippen LogP contribution in [0.15, 0.2) is 65.7 Å². The van der Waals surface area contributed by atoms with Crippen LogP contribution in [0.2, 0.25) is 0 Å². The highest BCUT2D eigenvalue weighted by molar-refractivity contribution is 7.89. The number of aryl methyl sites for hydroxylation is 2. The Morgan fingerprint density at radius 3 is 2.64 bits per heavy atom. The second-order valence-corrected chi connectivity index (χ2v) is 10.2. The molecule has 3 aromatic rings. The number of rotatable bonds is 9. The Hall–Kier alpha value is -2.59. The van der Waals surface area contributed by atoms with E-state index in [1.54, 1.807) is 31.2 Å². The quantitative estimate of drug-likeness (QED) is 0.498. The van der Waals surface area contributed by atoms with Crippen LogP contribution in [-0.4, -0.2) is 53.4 Å². The van der Waals surface area contributed by atoms with E-state index in [4.69, 9.17) is 4.74 Å². The molecule has 1 aromatic heterocycles. The first-order valence-electron chi connectivity index (χ1n) is 11.2. The lowest BCUT2D eigenvalue weighted by Crippen LogP contribution is -2.51. The molecule has 9 heteroatoms. The highest BCUT2D eigenvalue weighted by atomic mass is 32.2. The van der Waals surface area contributed by atoms with Crippen molar-refractivity contribution in [1.82, 2.24) is 19.7 Å². The van der Waals surface area contributed by atoms with Crippen molar-refractivity contribution in [2.75, 3.05) is 6.61 Å². The second kappa shape index (κ2) is 10.6. The van der Waals surface area contributed by atoms with Gasteiger partial charge in [-0.1, -0.05) is 53.7 Å². The molecule has 0 spiro atoms. The van der Waals surface area contributed by atoms with E-state index < -0.39 is 22.2 Å². The van der Waals surface area contributed by atoms with Crippen molar-refractivity contribution in [2.45, 2.75) is 62.3 Å². The van der Waals surface area contributed by atoms with Crippen molar-refractivity contribution < 1.29 is 18.3 Å². The Balaban J connectivity index is 1.30. The van der Waals surface area contributed by atoms with Gasteiger partial charge in [0.15, 0.2) is 0 Å². The molecule has 176 valence electrons. The predicted molar refractivity (Wildman–Crippen MR) is 124 cm³/mol. The monoisotopic (exact) mass is 470 g/mol. The molecule has 0 amide bonds. The SMILES string of the molecule is Cc1ccccc1S(=O)(=O)N[C@@H]1CC[C@@H](CCn2cc(Cc3ccccc3)nn2)O[C@@H]1CO. The minimum Gasteiger partial charge on any atom is -0.394 e. The molecule has 0 bridgehead atoms. The van der Waals surface area contributed by atoms with Crippen LogP contribution >= 0.6 is 0 Å². The zero-order valence-electron chi connectivity index (χ0n) is 18.7. The lowest BCUT2D eigenvalue weighted by atomic mass is 9.98. The summed E-state index contributed by atoms with van der Waals surface area (Å²) in [6.45, 7) is 2.16. The average Bonchev–Trinajstić information content (AvgIpc) is 3.26. The zero-order chi connectivity index (χ0) is 23.3. The normalized spacial score (nSPS) is 21.2. The van der Waals surface area contributed by atoms with Gasteiger partial charge in [0.1, 0.15) is 0 Å². The van der Waals surface area contributed by atoms with Gasteiger partial charge in [0.25, 0.3) is 0 Å². The molecule has 8 nitrogen and oxygen atoms in total. The fraction of sp³-hybridized carbons (Fsp3) is 0.417. The Morgan fingerprint density at radius 2 is 1.88 bits per heavy atom. The summed E-state index contributed by atoms with van der Waals surface area (Å²) in [7, 11) is -3.69. The first-order chi connectivity index (χ1) is 15.9. The fourth-order valence-corrected chi connectivity index (χ4v) is 5.75. The largest absolute Gasteiger partial charge is 0.394 e. The number of aliphatic hydroxyl groups is 1. The van der Waals surface area contributed by atoms with Crippen LogP contribution in [0.25, 0.3) is 0 Å². The van der Waals surface area contributed by atoms with Crippen molar-refractivity contribution in [2.24, 2.45) is 0 Å². The molecule has 2 heterocycles. The molecule has 0 radical (unpaired) electrons. The molecule has 4 rings (SSSR count). The van der Waals surface area contributed by atoms with Crippen LogP contribution in [0.3, 0.4) is 0 Å². The smallest absolute Gasteiger partial charge is 0.241 e. The molecular formula is C24H30N4O4S. The maximum atomic E-state index is 12.8. The van der Waals surface area contributed by atoms with E-state index in [2.05, 4.69) is 27.2 Å². The minimum absolute atomic E-state index is 0.0804. The Bertz CT molecular complexity index is 1150. The summed E-state index contributed by atoms with van der Waals surface area (Å²) in [6, 6.07) is 16.5. The molecule has 1 aliphatic rings. The molecule has 2 aromatic carbocycles. The van der Waals surface area contributed by atoms with Crippen molar-refractivity contribution in [1.29, 1.82) is 0 Å². The standard InChI is InChI=1S/C24H30N4O4S/c1-18-7-5-6-10-24(18)33(30,31)26-22-12-11-21(32-23(22)17-29)13-14-28-16-20(25-27-28)15-19-8-3-2-4-9-19/h2-10,16,21-23,26,29H,11-15,17H2,1H3/t21-,22+,23+/m0/s1. The number of sulfonamides is 1. The van der Waals surface area contributed by atoms with Gasteiger partial charge in [-0.2, -0.15) is 0 Å². The highest BCUT2D eigenvalue weighted by Gasteiger charge is 2.34. The third-order valence-corrected chi connectivity index (χ3v) is 7.63. The molecular weight excluding hydrogens is 440 g/mol. The number of hydrogen-bond acceptors (Lipinski definition) is 6. The van der Waals surface area contributed by atoms with Gasteiger partial charge < -0.3 is 9.84 Å². The van der Waals surface area contributed by atoms with Crippen molar-refractivity contribution in [3.63, 3.8) is 0 Å². The molecule has 1 aliphatic heterocycles. The number of hydrogen-bond donors (Lipinski definition) is 2. The Labute approximate surface area is 194 Å². The van der Waals surface area contributed by atoms with E-state index in [9.17, 15) is 13.5 Å². The van der Waals surface area contributed by atoms with Crippen LogP contribution in [0.1, 0.15) is 36.1 Å². The minimum atomic E-state index is -3.69. The molecule has 3 atom stereocenters. The van der Waals surface area contributed by atoms with Gasteiger partial charge in [0.05, 0.1) is 35.4 Å². The van der Waals surface area contributed by atoms with Crippen LogP contribution < -0.4 is 4.72 Å². The molecule has 1 saturated heterocycles. The van der Waals surface area contributed by atoms with Gasteiger partial charge in [-0.15, -0.1) is 5.10 Å². The van der Waals surface area contributed by atoms with Crippen molar-refractivity contribution in [3.8, 4) is 0 Å². The third kappa shape index (κ3) is 6.05. The predicted octanol–water partition coefficient (Wildman–Crippen LogP) is 2.45. The van der Waals surface area contributed by atoms with E-state index in [1.807, 2.05) is 29.1 Å². The topological polar surface area (TPSA) is 106 Å². The van der Waals surface area contributed by atoms with Gasteiger partial charge in [-0.3, -0.25) is 4.68 Å². The van der Waals surface area contributed by atoms with Gasteiger partial charge in [-0.05, 0) is 43.4 Å². The van der Waals surface area contributed by atoms with E-state index in [0.29, 0.717) is 31.4 Å². The molecule has 0 saturated carbocycles. The number of aromatic nitrogens is 3. The number of nitrogens with one attached hydrogen (secondary N) is 1. The van der Waals surface area contributed by atoms with Gasteiger partial charge in [0.2, 0.25) is 10.0 Å². The first kappa shape index (κ1) is 23.6. The summed E-state index contributed by atoms with van der Waals surface area (Å²) >= 11 is 0. The lowest BCUT2D eigenvalue weighted by Gasteiger charge is -2.36. The molecule has 1 fully saturated rings. The third-order valence-electron chi connectivity index (χ3n) is 5.98. The maximum absolute atomic E-state index is 12.8. The van der Waals surface area contributed by atoms with E-state index >= 15 is 0 Å². The zero-order valence-corrected chi connectivity index (χ0v) is 19.5. The number of ether oxygens (including phenoxy) is 1. The molecule has 33 heavy (non-hydrogen) atoms. The van der Waals surface area contributed by atoms with Gasteiger partial charge in [-0.25, -0.2) is 13.1 Å². The molecule has 0 aliphatic carbocycles. The summed E-state index contributed by atoms with van der Waals surface area (Å²) in [6.07, 6.45) is 4.01. The first-order valence-corrected chi connectivity index (χ1v) is 12.7. The van der Waals surface area contributed by atoms with Gasteiger partial charge in [0, 0.05) is 19.2 Å². The van der Waals surface area contributed by atoms with Crippen molar-refractivity contribution in [3.05, 3.63) is 77.6 Å². The van der Waals surface area contributed by atoms with E-state index in [-0.39, 0.29) is 17.6 Å². The lowest BCUT2D eigenvalue weighted by molar-refractivity contribution is -0.0891. The number of benzene rings is 2.